The molecular formula is C15H18FNO2. The fourth-order valence-corrected chi connectivity index (χ4v) is 2.06. The Kier molecular flexibility index (Phi) is 4.78. The zero-order chi connectivity index (χ0) is 13.7. The Bertz CT molecular complexity index is 493. The molecule has 1 fully saturated rings. The summed E-state index contributed by atoms with van der Waals surface area (Å²) in [5.41, 5.74) is 5.99. The van der Waals surface area contributed by atoms with E-state index >= 15 is 0 Å². The molecule has 0 aromatic heterocycles. The summed E-state index contributed by atoms with van der Waals surface area (Å²) in [7, 11) is 0. The fraction of sp³-hybridized carbons (Fsp3) is 0.467. The predicted octanol–water partition coefficient (Wildman–Crippen LogP) is 2.08. The highest BCUT2D eigenvalue weighted by Crippen LogP contribution is 2.23. The number of halogens is 1. The van der Waals surface area contributed by atoms with E-state index in [1.54, 1.807) is 6.07 Å². The van der Waals surface area contributed by atoms with Gasteiger partial charge in [-0.15, -0.1) is 0 Å². The first-order valence-corrected chi connectivity index (χ1v) is 6.46. The molecule has 2 atom stereocenters. The zero-order valence-corrected chi connectivity index (χ0v) is 11.0. The number of benzene rings is 1. The summed E-state index contributed by atoms with van der Waals surface area (Å²) in [5.74, 6) is 5.73. The van der Waals surface area contributed by atoms with Crippen LogP contribution in [0.25, 0.3) is 0 Å². The van der Waals surface area contributed by atoms with E-state index in [2.05, 4.69) is 11.8 Å². The van der Waals surface area contributed by atoms with Crippen LogP contribution in [-0.2, 0) is 4.74 Å². The van der Waals surface area contributed by atoms with Crippen LogP contribution in [-0.4, -0.2) is 25.4 Å². The summed E-state index contributed by atoms with van der Waals surface area (Å²) in [6.07, 6.45) is 2.36. The molecule has 0 saturated carbocycles. The van der Waals surface area contributed by atoms with Crippen LogP contribution in [0.15, 0.2) is 18.2 Å². The molecule has 1 aromatic carbocycles. The van der Waals surface area contributed by atoms with Gasteiger partial charge in [-0.2, -0.15) is 0 Å². The van der Waals surface area contributed by atoms with E-state index < -0.39 is 0 Å². The molecule has 1 aromatic rings. The van der Waals surface area contributed by atoms with Crippen molar-refractivity contribution in [3.8, 4) is 17.6 Å². The second-order valence-electron chi connectivity index (χ2n) is 4.60. The quantitative estimate of drug-likeness (QED) is 0.849. The van der Waals surface area contributed by atoms with Gasteiger partial charge in [-0.05, 0) is 31.9 Å². The van der Waals surface area contributed by atoms with E-state index in [1.807, 2.05) is 6.92 Å². The normalized spacial score (nSPS) is 21.8. The number of rotatable bonds is 3. The second-order valence-corrected chi connectivity index (χ2v) is 4.60. The van der Waals surface area contributed by atoms with Crippen molar-refractivity contribution in [3.63, 3.8) is 0 Å². The number of hydrogen-bond acceptors (Lipinski definition) is 3. The van der Waals surface area contributed by atoms with Crippen LogP contribution in [0.2, 0.25) is 0 Å². The minimum absolute atomic E-state index is 0.0774. The Morgan fingerprint density at radius 1 is 1.47 bits per heavy atom. The molecule has 0 radical (unpaired) electrons. The van der Waals surface area contributed by atoms with Crippen molar-refractivity contribution < 1.29 is 13.9 Å². The van der Waals surface area contributed by atoms with Crippen LogP contribution < -0.4 is 10.5 Å². The molecular weight excluding hydrogens is 245 g/mol. The van der Waals surface area contributed by atoms with Crippen molar-refractivity contribution in [1.29, 1.82) is 0 Å². The third-order valence-electron chi connectivity index (χ3n) is 3.01. The summed E-state index contributed by atoms with van der Waals surface area (Å²) < 4.78 is 24.5. The smallest absolute Gasteiger partial charge is 0.137 e. The monoisotopic (exact) mass is 263 g/mol. The summed E-state index contributed by atoms with van der Waals surface area (Å²) in [4.78, 5) is 0. The van der Waals surface area contributed by atoms with Crippen molar-refractivity contribution in [3.05, 3.63) is 29.6 Å². The Hall–Kier alpha value is -1.57. The standard InChI is InChI=1S/C15H18FNO2/c1-11-4-7-14(19-11)10-18-15-9-13(16)6-5-12(15)3-2-8-17/h5-6,9,11,14H,4,7-8,10,17H2,1H3. The van der Waals surface area contributed by atoms with E-state index in [0.29, 0.717) is 17.9 Å². The highest BCUT2D eigenvalue weighted by atomic mass is 19.1. The molecule has 3 nitrogen and oxygen atoms in total. The van der Waals surface area contributed by atoms with Crippen molar-refractivity contribution in [2.75, 3.05) is 13.2 Å². The number of hydrogen-bond donors (Lipinski definition) is 1. The van der Waals surface area contributed by atoms with Crippen LogP contribution >= 0.6 is 0 Å². The lowest BCUT2D eigenvalue weighted by atomic mass is 10.2. The highest BCUT2D eigenvalue weighted by molar-refractivity contribution is 5.46. The molecule has 0 spiro atoms. The first-order chi connectivity index (χ1) is 9.19. The van der Waals surface area contributed by atoms with Gasteiger partial charge in [0.1, 0.15) is 18.2 Å². The van der Waals surface area contributed by atoms with Gasteiger partial charge in [-0.3, -0.25) is 0 Å². The molecule has 1 aliphatic heterocycles. The van der Waals surface area contributed by atoms with Gasteiger partial charge >= 0.3 is 0 Å². The summed E-state index contributed by atoms with van der Waals surface area (Å²) in [5, 5.41) is 0. The van der Waals surface area contributed by atoms with Gasteiger partial charge in [0.15, 0.2) is 0 Å². The van der Waals surface area contributed by atoms with Crippen LogP contribution in [0.4, 0.5) is 4.39 Å². The molecule has 102 valence electrons. The van der Waals surface area contributed by atoms with E-state index in [0.717, 1.165) is 12.8 Å². The van der Waals surface area contributed by atoms with Gasteiger partial charge in [0.25, 0.3) is 0 Å². The molecule has 2 rings (SSSR count). The van der Waals surface area contributed by atoms with Crippen LogP contribution in [0.1, 0.15) is 25.3 Å². The summed E-state index contributed by atoms with van der Waals surface area (Å²) in [6, 6.07) is 4.31. The van der Waals surface area contributed by atoms with Crippen molar-refractivity contribution in [2.45, 2.75) is 32.0 Å². The number of ether oxygens (including phenoxy) is 2. The maximum Gasteiger partial charge on any atom is 0.137 e. The average molecular weight is 263 g/mol. The fourth-order valence-electron chi connectivity index (χ4n) is 2.06. The molecule has 1 heterocycles. The second kappa shape index (κ2) is 6.55. The van der Waals surface area contributed by atoms with Gasteiger partial charge in [0, 0.05) is 6.07 Å². The SMILES string of the molecule is CC1CCC(COc2cc(F)ccc2C#CCN)O1. The molecule has 4 heteroatoms. The molecule has 19 heavy (non-hydrogen) atoms. The maximum absolute atomic E-state index is 13.2. The lowest BCUT2D eigenvalue weighted by Gasteiger charge is -2.13. The molecule has 1 aliphatic rings. The van der Waals surface area contributed by atoms with Gasteiger partial charge in [0.2, 0.25) is 0 Å². The zero-order valence-electron chi connectivity index (χ0n) is 11.0. The lowest BCUT2D eigenvalue weighted by Crippen LogP contribution is -2.18. The molecule has 0 amide bonds. The highest BCUT2D eigenvalue weighted by Gasteiger charge is 2.22. The topological polar surface area (TPSA) is 44.5 Å². The molecule has 2 N–H and O–H groups in total. The van der Waals surface area contributed by atoms with Crippen LogP contribution in [0.5, 0.6) is 5.75 Å². The summed E-state index contributed by atoms with van der Waals surface area (Å²) in [6.45, 7) is 2.73. The minimum atomic E-state index is -0.339. The molecule has 0 aliphatic carbocycles. The van der Waals surface area contributed by atoms with Gasteiger partial charge in [-0.1, -0.05) is 11.8 Å². The van der Waals surface area contributed by atoms with E-state index in [9.17, 15) is 4.39 Å². The Labute approximate surface area is 112 Å². The third-order valence-corrected chi connectivity index (χ3v) is 3.01. The van der Waals surface area contributed by atoms with Gasteiger partial charge < -0.3 is 15.2 Å². The average Bonchev–Trinajstić information content (AvgIpc) is 2.81. The Morgan fingerprint density at radius 2 is 2.32 bits per heavy atom. The van der Waals surface area contributed by atoms with Gasteiger partial charge in [0.05, 0.1) is 24.3 Å². The molecule has 0 bridgehead atoms. The first kappa shape index (κ1) is 13.9. The van der Waals surface area contributed by atoms with Gasteiger partial charge in [-0.25, -0.2) is 4.39 Å². The van der Waals surface area contributed by atoms with Crippen LogP contribution in [0.3, 0.4) is 0 Å². The molecule has 1 saturated heterocycles. The molecule has 2 unspecified atom stereocenters. The maximum atomic E-state index is 13.2. The van der Waals surface area contributed by atoms with Crippen LogP contribution in [0, 0.1) is 17.7 Å². The summed E-state index contributed by atoms with van der Waals surface area (Å²) >= 11 is 0. The Morgan fingerprint density at radius 3 is 3.00 bits per heavy atom. The lowest BCUT2D eigenvalue weighted by molar-refractivity contribution is 0.0263. The first-order valence-electron chi connectivity index (χ1n) is 6.46. The van der Waals surface area contributed by atoms with E-state index in [4.69, 9.17) is 15.2 Å². The minimum Gasteiger partial charge on any atom is -0.489 e. The van der Waals surface area contributed by atoms with Crippen molar-refractivity contribution in [1.82, 2.24) is 0 Å². The Balaban J connectivity index is 2.03. The third kappa shape index (κ3) is 3.95. The largest absolute Gasteiger partial charge is 0.489 e. The van der Waals surface area contributed by atoms with E-state index in [1.165, 1.54) is 12.1 Å². The van der Waals surface area contributed by atoms with Crippen molar-refractivity contribution >= 4 is 0 Å². The van der Waals surface area contributed by atoms with Crippen molar-refractivity contribution in [2.24, 2.45) is 5.73 Å². The number of nitrogens with two attached hydrogens (primary N) is 1. The predicted molar refractivity (Wildman–Crippen MR) is 71.4 cm³/mol. The van der Waals surface area contributed by atoms with E-state index in [-0.39, 0.29) is 24.6 Å².